The lowest BCUT2D eigenvalue weighted by Crippen LogP contribution is -2.71. The maximum atomic E-state index is 13.1. The molecule has 32 heavy (non-hydrogen) atoms. The second-order valence-corrected chi connectivity index (χ2v) is 11.3. The summed E-state index contributed by atoms with van der Waals surface area (Å²) in [6, 6.07) is -1.80. The van der Waals surface area contributed by atoms with Gasteiger partial charge in [-0.3, -0.25) is 9.59 Å². The van der Waals surface area contributed by atoms with Crippen molar-refractivity contribution < 1.29 is 24.3 Å². The van der Waals surface area contributed by atoms with E-state index in [-0.39, 0.29) is 22.6 Å². The molecule has 1 aliphatic carbocycles. The van der Waals surface area contributed by atoms with Gasteiger partial charge in [-0.2, -0.15) is 0 Å². The first-order valence-electron chi connectivity index (χ1n) is 10.2. The Morgan fingerprint density at radius 3 is 2.69 bits per heavy atom. The molecule has 1 aromatic rings. The number of nitrogens with one attached hydrogen (secondary N) is 1. The lowest BCUT2D eigenvalue weighted by molar-refractivity contribution is -0.160. The number of nitrogens with zero attached hydrogens (tertiary/aromatic N) is 3. The van der Waals surface area contributed by atoms with E-state index < -0.39 is 40.0 Å². The summed E-state index contributed by atoms with van der Waals surface area (Å²) in [6.07, 6.45) is 3.07. The highest BCUT2D eigenvalue weighted by atomic mass is 32.2. The molecule has 2 amide bonds. The lowest BCUT2D eigenvalue weighted by Gasteiger charge is -2.43. The van der Waals surface area contributed by atoms with Crippen LogP contribution in [-0.4, -0.2) is 66.8 Å². The molecule has 3 fully saturated rings. The van der Waals surface area contributed by atoms with Crippen LogP contribution in [0.1, 0.15) is 45.2 Å². The molecule has 4 rings (SSSR count). The van der Waals surface area contributed by atoms with Gasteiger partial charge in [0.05, 0.1) is 0 Å². The van der Waals surface area contributed by atoms with Crippen molar-refractivity contribution in [1.82, 2.24) is 15.2 Å². The van der Waals surface area contributed by atoms with Gasteiger partial charge < -0.3 is 25.9 Å². The highest BCUT2D eigenvalue weighted by Crippen LogP contribution is 2.50. The minimum Gasteiger partial charge on any atom is -0.480 e. The molecule has 2 aliphatic heterocycles. The van der Waals surface area contributed by atoms with E-state index in [1.807, 2.05) is 0 Å². The van der Waals surface area contributed by atoms with Crippen LogP contribution in [0.3, 0.4) is 0 Å². The number of aliphatic carboxylic acids is 1. The van der Waals surface area contributed by atoms with Crippen molar-refractivity contribution in [2.75, 3.05) is 5.73 Å². The Kier molecular flexibility index (Phi) is 5.93. The first-order chi connectivity index (χ1) is 15.1. The van der Waals surface area contributed by atoms with Gasteiger partial charge in [-0.1, -0.05) is 17.3 Å². The number of carbonyl (C=O) groups is 3. The number of nitrogen functional groups attached to an aromatic ring is 1. The predicted octanol–water partition coefficient (Wildman–Crippen LogP) is 1.58. The third-order valence-electron chi connectivity index (χ3n) is 5.87. The number of nitrogens with two attached hydrogens (primary N) is 1. The van der Waals surface area contributed by atoms with Crippen LogP contribution >= 0.6 is 23.1 Å². The van der Waals surface area contributed by atoms with E-state index in [9.17, 15) is 19.5 Å². The quantitative estimate of drug-likeness (QED) is 0.241. The second kappa shape index (κ2) is 8.39. The molecule has 1 aromatic heterocycles. The molecule has 0 radical (unpaired) electrons. The molecule has 0 spiro atoms. The summed E-state index contributed by atoms with van der Waals surface area (Å²) in [5.74, 6) is -2.12. The normalized spacial score (nSPS) is 27.6. The largest absolute Gasteiger partial charge is 0.480 e. The molecule has 12 heteroatoms. The van der Waals surface area contributed by atoms with Crippen LogP contribution in [0.15, 0.2) is 22.7 Å². The summed E-state index contributed by atoms with van der Waals surface area (Å²) in [7, 11) is 0. The zero-order chi connectivity index (χ0) is 23.2. The average molecular weight is 480 g/mol. The van der Waals surface area contributed by atoms with Crippen molar-refractivity contribution in [3.63, 3.8) is 0 Å². The van der Waals surface area contributed by atoms with Crippen LogP contribution < -0.4 is 11.1 Å². The van der Waals surface area contributed by atoms with Crippen molar-refractivity contribution in [1.29, 1.82) is 0 Å². The number of thiazole rings is 1. The topological polar surface area (TPSA) is 147 Å². The Morgan fingerprint density at radius 2 is 2.09 bits per heavy atom. The van der Waals surface area contributed by atoms with E-state index in [2.05, 4.69) is 22.0 Å². The zero-order valence-electron chi connectivity index (χ0n) is 17.7. The maximum Gasteiger partial charge on any atom is 0.327 e. The van der Waals surface area contributed by atoms with E-state index >= 15 is 0 Å². The standard InChI is InChI=1S/C20H25N5O5S2/c1-9-4-6-10(7-5-9)30-24-12(11-8-31-19(21)22-11)15(26)23-13-16(27)25-14(18(28)29)20(2,3)32-17(13)25/h8,10,13-14,17H,1,4-7H2,2-3H3,(H2,21,22)(H,23,26)(H,28,29)/b24-12-/t13-,14-,17+/m0/s1. The molecule has 2 saturated heterocycles. The molecule has 3 aliphatic rings. The van der Waals surface area contributed by atoms with Crippen molar-refractivity contribution in [3.8, 4) is 0 Å². The molecular weight excluding hydrogens is 454 g/mol. The summed E-state index contributed by atoms with van der Waals surface area (Å²) in [4.78, 5) is 48.6. The van der Waals surface area contributed by atoms with Gasteiger partial charge in [0.15, 0.2) is 10.8 Å². The Labute approximate surface area is 193 Å². The van der Waals surface area contributed by atoms with Gasteiger partial charge in [0.2, 0.25) is 5.91 Å². The number of rotatable bonds is 6. The Morgan fingerprint density at radius 1 is 1.41 bits per heavy atom. The molecule has 3 heterocycles. The number of anilines is 1. The van der Waals surface area contributed by atoms with Crippen LogP contribution in [0.5, 0.6) is 0 Å². The molecule has 172 valence electrons. The number of fused-ring (bicyclic) bond motifs is 1. The highest BCUT2D eigenvalue weighted by Gasteiger charge is 2.64. The van der Waals surface area contributed by atoms with Gasteiger partial charge >= 0.3 is 5.97 Å². The Balaban J connectivity index is 1.50. The van der Waals surface area contributed by atoms with Crippen LogP contribution in [0.25, 0.3) is 0 Å². The van der Waals surface area contributed by atoms with Crippen molar-refractivity contribution in [3.05, 3.63) is 23.2 Å². The molecular formula is C20H25N5O5S2. The molecule has 0 unspecified atom stereocenters. The number of oxime groups is 1. The number of amides is 2. The molecule has 3 atom stereocenters. The summed E-state index contributed by atoms with van der Waals surface area (Å²) >= 11 is 2.52. The molecule has 0 aromatic carbocycles. The minimum atomic E-state index is -1.06. The Hall–Kier alpha value is -2.60. The van der Waals surface area contributed by atoms with Crippen LogP contribution in [0.4, 0.5) is 5.13 Å². The Bertz CT molecular complexity index is 996. The lowest BCUT2D eigenvalue weighted by atomic mass is 9.94. The number of allylic oxidation sites excluding steroid dienone is 1. The van der Waals surface area contributed by atoms with Crippen molar-refractivity contribution in [2.45, 2.75) is 67.8 Å². The van der Waals surface area contributed by atoms with Gasteiger partial charge in [-0.05, 0) is 39.5 Å². The van der Waals surface area contributed by atoms with Gasteiger partial charge in [0.1, 0.15) is 29.3 Å². The molecule has 1 saturated carbocycles. The minimum absolute atomic E-state index is 0.0642. The summed E-state index contributed by atoms with van der Waals surface area (Å²) in [5, 5.41) is 17.7. The van der Waals surface area contributed by atoms with E-state index in [1.165, 1.54) is 22.2 Å². The average Bonchev–Trinajstić information content (AvgIpc) is 3.26. The number of carbonyl (C=O) groups excluding carboxylic acids is 2. The third kappa shape index (κ3) is 4.08. The molecule has 0 bridgehead atoms. The van der Waals surface area contributed by atoms with Gasteiger partial charge in [-0.25, -0.2) is 9.78 Å². The second-order valence-electron chi connectivity index (χ2n) is 8.61. The number of carboxylic acid groups (broad SMARTS) is 1. The third-order valence-corrected chi connectivity index (χ3v) is 8.12. The van der Waals surface area contributed by atoms with Crippen molar-refractivity contribution in [2.24, 2.45) is 5.16 Å². The highest BCUT2D eigenvalue weighted by molar-refractivity contribution is 8.01. The fourth-order valence-corrected chi connectivity index (χ4v) is 6.36. The van der Waals surface area contributed by atoms with E-state index in [4.69, 9.17) is 10.6 Å². The number of carboxylic acids is 1. The summed E-state index contributed by atoms with van der Waals surface area (Å²) < 4.78 is -0.681. The fraction of sp³-hybridized carbons (Fsp3) is 0.550. The first-order valence-corrected chi connectivity index (χ1v) is 12.0. The van der Waals surface area contributed by atoms with E-state index in [1.54, 1.807) is 19.2 Å². The fourth-order valence-electron chi connectivity index (χ4n) is 4.19. The monoisotopic (exact) mass is 479 g/mol. The van der Waals surface area contributed by atoms with Crippen molar-refractivity contribution >= 4 is 51.7 Å². The van der Waals surface area contributed by atoms with Gasteiger partial charge in [0, 0.05) is 10.1 Å². The van der Waals surface area contributed by atoms with E-state index in [0.717, 1.165) is 37.0 Å². The van der Waals surface area contributed by atoms with E-state index in [0.29, 0.717) is 0 Å². The van der Waals surface area contributed by atoms with Crippen LogP contribution in [0.2, 0.25) is 0 Å². The number of hydrogen-bond donors (Lipinski definition) is 3. The molecule has 10 nitrogen and oxygen atoms in total. The summed E-state index contributed by atoms with van der Waals surface area (Å²) in [6.45, 7) is 7.53. The van der Waals surface area contributed by atoms with Crippen LogP contribution in [-0.2, 0) is 19.2 Å². The maximum absolute atomic E-state index is 13.1. The SMILES string of the molecule is C=C1CCC(O/N=C(\C(=O)N[C@H]2C(=O)N3[C@@H]2SC(C)(C)[C@@H]3C(=O)O)c2csc(N)n2)CC1. The van der Waals surface area contributed by atoms with Gasteiger partial charge in [-0.15, -0.1) is 23.1 Å². The number of thioether (sulfide) groups is 1. The number of aromatic nitrogens is 1. The zero-order valence-corrected chi connectivity index (χ0v) is 19.4. The smallest absolute Gasteiger partial charge is 0.327 e. The molecule has 4 N–H and O–H groups in total. The van der Waals surface area contributed by atoms with Crippen LogP contribution in [0, 0.1) is 0 Å². The van der Waals surface area contributed by atoms with Gasteiger partial charge in [0.25, 0.3) is 5.91 Å². The first kappa shape index (κ1) is 22.6. The summed E-state index contributed by atoms with van der Waals surface area (Å²) in [5.41, 5.74) is 7.09. The predicted molar refractivity (Wildman–Crippen MR) is 121 cm³/mol. The number of hydrogen-bond acceptors (Lipinski definition) is 9. The number of β-lactam (4-membered cyclic amide) rings is 1.